The van der Waals surface area contributed by atoms with Crippen molar-refractivity contribution in [3.05, 3.63) is 52.5 Å². The lowest BCUT2D eigenvalue weighted by atomic mass is 10.1. The lowest BCUT2D eigenvalue weighted by Crippen LogP contribution is -2.01. The van der Waals surface area contributed by atoms with Crippen molar-refractivity contribution in [1.29, 1.82) is 0 Å². The van der Waals surface area contributed by atoms with Crippen LogP contribution < -0.4 is 0 Å². The first kappa shape index (κ1) is 13.6. The van der Waals surface area contributed by atoms with E-state index in [9.17, 15) is 0 Å². The van der Waals surface area contributed by atoms with Gasteiger partial charge in [-0.2, -0.15) is 5.10 Å². The molecule has 1 aromatic carbocycles. The molecule has 0 saturated heterocycles. The monoisotopic (exact) mass is 280 g/mol. The number of hydrogen-bond donors (Lipinski definition) is 1. The lowest BCUT2D eigenvalue weighted by Gasteiger charge is -2.00. The number of aryl methyl sites for hydroxylation is 3. The van der Waals surface area contributed by atoms with Crippen molar-refractivity contribution in [3.63, 3.8) is 0 Å². The molecular formula is C17H20N4. The highest BCUT2D eigenvalue weighted by Crippen LogP contribution is 2.24. The molecule has 0 amide bonds. The van der Waals surface area contributed by atoms with Gasteiger partial charge in [0.25, 0.3) is 0 Å². The third-order valence-corrected chi connectivity index (χ3v) is 4.02. The molecule has 0 saturated carbocycles. The number of H-pyrrole nitrogens is 1. The van der Waals surface area contributed by atoms with Gasteiger partial charge in [0, 0.05) is 17.0 Å². The van der Waals surface area contributed by atoms with Crippen LogP contribution in [0, 0.1) is 34.6 Å². The maximum Gasteiger partial charge on any atom is 0.229 e. The number of hydrogen-bond acceptors (Lipinski definition) is 2. The van der Waals surface area contributed by atoms with E-state index in [1.165, 1.54) is 11.1 Å². The van der Waals surface area contributed by atoms with Gasteiger partial charge in [0.1, 0.15) is 0 Å². The van der Waals surface area contributed by atoms with Crippen LogP contribution in [0.15, 0.2) is 24.3 Å². The van der Waals surface area contributed by atoms with Gasteiger partial charge in [-0.1, -0.05) is 23.8 Å². The summed E-state index contributed by atoms with van der Waals surface area (Å²) in [6.07, 6.45) is 0. The number of imidazole rings is 1. The molecule has 3 aromatic rings. The van der Waals surface area contributed by atoms with Crippen LogP contribution in [0.25, 0.3) is 17.2 Å². The Morgan fingerprint density at radius 2 is 1.81 bits per heavy atom. The highest BCUT2D eigenvalue weighted by atomic mass is 15.4. The SMILES string of the molecule is Cc1cccc(-c2nc(-n3nc(C)c(C)c3C)[nH]c2C)c1. The number of aromatic nitrogens is 4. The zero-order valence-corrected chi connectivity index (χ0v) is 13.2. The smallest absolute Gasteiger partial charge is 0.229 e. The van der Waals surface area contributed by atoms with Gasteiger partial charge in [0.05, 0.1) is 11.4 Å². The van der Waals surface area contributed by atoms with E-state index in [0.717, 1.165) is 34.3 Å². The van der Waals surface area contributed by atoms with E-state index in [-0.39, 0.29) is 0 Å². The lowest BCUT2D eigenvalue weighted by molar-refractivity contribution is 0.785. The fourth-order valence-corrected chi connectivity index (χ4v) is 2.55. The Morgan fingerprint density at radius 1 is 1.05 bits per heavy atom. The summed E-state index contributed by atoms with van der Waals surface area (Å²) in [4.78, 5) is 8.10. The molecule has 0 atom stereocenters. The first-order chi connectivity index (χ1) is 9.97. The van der Waals surface area contributed by atoms with Gasteiger partial charge in [-0.05, 0) is 46.2 Å². The van der Waals surface area contributed by atoms with Crippen molar-refractivity contribution in [1.82, 2.24) is 19.7 Å². The predicted molar refractivity (Wildman–Crippen MR) is 84.8 cm³/mol. The van der Waals surface area contributed by atoms with Gasteiger partial charge in [-0.3, -0.25) is 0 Å². The van der Waals surface area contributed by atoms with E-state index in [1.807, 2.05) is 18.5 Å². The third-order valence-electron chi connectivity index (χ3n) is 4.02. The normalized spacial score (nSPS) is 11.1. The Bertz CT molecular complexity index is 808. The number of benzene rings is 1. The Balaban J connectivity index is 2.11. The van der Waals surface area contributed by atoms with Crippen molar-refractivity contribution in [3.8, 4) is 17.2 Å². The third kappa shape index (κ3) is 2.27. The van der Waals surface area contributed by atoms with E-state index >= 15 is 0 Å². The van der Waals surface area contributed by atoms with Gasteiger partial charge in [-0.25, -0.2) is 9.67 Å². The van der Waals surface area contributed by atoms with Crippen LogP contribution in [0.3, 0.4) is 0 Å². The zero-order valence-electron chi connectivity index (χ0n) is 13.2. The summed E-state index contributed by atoms with van der Waals surface area (Å²) in [5.74, 6) is 0.776. The van der Waals surface area contributed by atoms with Crippen molar-refractivity contribution in [2.75, 3.05) is 0 Å². The summed E-state index contributed by atoms with van der Waals surface area (Å²) in [7, 11) is 0. The predicted octanol–water partition coefficient (Wildman–Crippen LogP) is 3.80. The molecule has 2 aromatic heterocycles. The molecule has 0 fully saturated rings. The quantitative estimate of drug-likeness (QED) is 0.776. The standard InChI is InChI=1S/C17H20N4/c1-10-7-6-8-15(9-10)16-13(4)18-17(19-16)21-14(5)11(2)12(3)20-21/h6-9H,1-5H3,(H,18,19). The van der Waals surface area contributed by atoms with Crippen LogP contribution in [-0.4, -0.2) is 19.7 Å². The second-order valence-electron chi connectivity index (χ2n) is 5.61. The maximum absolute atomic E-state index is 4.75. The van der Waals surface area contributed by atoms with Crippen molar-refractivity contribution in [2.24, 2.45) is 0 Å². The van der Waals surface area contributed by atoms with Gasteiger partial charge in [0.15, 0.2) is 0 Å². The number of nitrogens with zero attached hydrogens (tertiary/aromatic N) is 3. The van der Waals surface area contributed by atoms with Crippen molar-refractivity contribution < 1.29 is 0 Å². The fraction of sp³-hybridized carbons (Fsp3) is 0.294. The maximum atomic E-state index is 4.75. The molecule has 0 aliphatic heterocycles. The minimum absolute atomic E-state index is 0.776. The number of nitrogens with one attached hydrogen (secondary N) is 1. The molecule has 0 bridgehead atoms. The average molecular weight is 280 g/mol. The largest absolute Gasteiger partial charge is 0.326 e. The summed E-state index contributed by atoms with van der Waals surface area (Å²) in [6.45, 7) is 10.3. The minimum atomic E-state index is 0.776. The van der Waals surface area contributed by atoms with E-state index in [0.29, 0.717) is 0 Å². The molecule has 2 heterocycles. The van der Waals surface area contributed by atoms with Crippen LogP contribution in [0.1, 0.15) is 28.2 Å². The Hall–Kier alpha value is -2.36. The van der Waals surface area contributed by atoms with Crippen LogP contribution in [-0.2, 0) is 0 Å². The molecule has 0 unspecified atom stereocenters. The summed E-state index contributed by atoms with van der Waals surface area (Å²) < 4.78 is 1.89. The first-order valence-electron chi connectivity index (χ1n) is 7.14. The van der Waals surface area contributed by atoms with Gasteiger partial charge in [-0.15, -0.1) is 0 Å². The topological polar surface area (TPSA) is 46.5 Å². The highest BCUT2D eigenvalue weighted by molar-refractivity contribution is 5.63. The van der Waals surface area contributed by atoms with E-state index in [1.54, 1.807) is 0 Å². The molecule has 0 radical (unpaired) electrons. The minimum Gasteiger partial charge on any atom is -0.326 e. The number of rotatable bonds is 2. The summed E-state index contributed by atoms with van der Waals surface area (Å²) in [5.41, 5.74) is 7.78. The molecule has 4 nitrogen and oxygen atoms in total. The second-order valence-corrected chi connectivity index (χ2v) is 5.61. The Labute approximate surface area is 124 Å². The van der Waals surface area contributed by atoms with Crippen LogP contribution in [0.5, 0.6) is 0 Å². The molecule has 0 aliphatic rings. The molecule has 0 spiro atoms. The molecule has 1 N–H and O–H groups in total. The molecule has 0 aliphatic carbocycles. The molecule has 108 valence electrons. The van der Waals surface area contributed by atoms with E-state index in [4.69, 9.17) is 4.98 Å². The number of aromatic amines is 1. The average Bonchev–Trinajstić information content (AvgIpc) is 2.95. The van der Waals surface area contributed by atoms with Crippen molar-refractivity contribution >= 4 is 0 Å². The van der Waals surface area contributed by atoms with Crippen LogP contribution in [0.2, 0.25) is 0 Å². The summed E-state index contributed by atoms with van der Waals surface area (Å²) in [5, 5.41) is 4.57. The summed E-state index contributed by atoms with van der Waals surface area (Å²) in [6, 6.07) is 8.40. The summed E-state index contributed by atoms with van der Waals surface area (Å²) >= 11 is 0. The van der Waals surface area contributed by atoms with Gasteiger partial charge >= 0.3 is 0 Å². The fourth-order valence-electron chi connectivity index (χ4n) is 2.55. The Kier molecular flexibility index (Phi) is 3.16. The molecule has 21 heavy (non-hydrogen) atoms. The van der Waals surface area contributed by atoms with E-state index < -0.39 is 0 Å². The molecule has 4 heteroatoms. The second kappa shape index (κ2) is 4.88. The van der Waals surface area contributed by atoms with E-state index in [2.05, 4.69) is 55.1 Å². The molecular weight excluding hydrogens is 260 g/mol. The van der Waals surface area contributed by atoms with Crippen LogP contribution in [0.4, 0.5) is 0 Å². The molecule has 3 rings (SSSR count). The zero-order chi connectivity index (χ0) is 15.1. The van der Waals surface area contributed by atoms with Gasteiger partial charge < -0.3 is 4.98 Å². The Morgan fingerprint density at radius 3 is 2.43 bits per heavy atom. The van der Waals surface area contributed by atoms with Gasteiger partial charge in [0.2, 0.25) is 5.95 Å². The van der Waals surface area contributed by atoms with Crippen LogP contribution >= 0.6 is 0 Å². The van der Waals surface area contributed by atoms with Crippen molar-refractivity contribution in [2.45, 2.75) is 34.6 Å². The highest BCUT2D eigenvalue weighted by Gasteiger charge is 2.14. The first-order valence-corrected chi connectivity index (χ1v) is 7.14.